The summed E-state index contributed by atoms with van der Waals surface area (Å²) in [6, 6.07) is 16.9. The second kappa shape index (κ2) is 9.64. The van der Waals surface area contributed by atoms with Crippen LogP contribution in [0.15, 0.2) is 65.6 Å². The summed E-state index contributed by atoms with van der Waals surface area (Å²) in [4.78, 5) is 13.0. The van der Waals surface area contributed by atoms with Gasteiger partial charge in [-0.1, -0.05) is 23.8 Å². The second-order valence-corrected chi connectivity index (χ2v) is 9.74. The lowest BCUT2D eigenvalue weighted by molar-refractivity contribution is -0.114. The topological polar surface area (TPSA) is 94.2 Å². The van der Waals surface area contributed by atoms with Crippen molar-refractivity contribution in [1.82, 2.24) is 0 Å². The highest BCUT2D eigenvalue weighted by atomic mass is 32.2. The number of carbonyl (C=O) groups excluding carboxylic acids is 1. The lowest BCUT2D eigenvalue weighted by Gasteiger charge is -2.25. The summed E-state index contributed by atoms with van der Waals surface area (Å²) in [6.45, 7) is 4.15. The number of nitrogens with one attached hydrogen (secondary N) is 1. The summed E-state index contributed by atoms with van der Waals surface area (Å²) in [5.74, 6) is 0.818. The molecule has 8 nitrogen and oxygen atoms in total. The number of amides is 1. The Bertz CT molecular complexity index is 1310. The number of anilines is 2. The fourth-order valence-electron chi connectivity index (χ4n) is 3.58. The van der Waals surface area contributed by atoms with Gasteiger partial charge in [0.15, 0.2) is 11.5 Å². The molecule has 1 amide bonds. The largest absolute Gasteiger partial charge is 0.495 e. The third-order valence-electron chi connectivity index (χ3n) is 5.32. The Balaban J connectivity index is 1.66. The molecule has 4 rings (SSSR count). The van der Waals surface area contributed by atoms with Crippen LogP contribution in [0.4, 0.5) is 11.4 Å². The fourth-order valence-corrected chi connectivity index (χ4v) is 5.25. The fraction of sp³-hybridized carbons (Fsp3) is 0.240. The minimum atomic E-state index is -4.13. The molecule has 1 heterocycles. The number of rotatable bonds is 7. The average Bonchev–Trinajstić information content (AvgIpc) is 2.83. The van der Waals surface area contributed by atoms with Crippen molar-refractivity contribution in [2.75, 3.05) is 36.5 Å². The summed E-state index contributed by atoms with van der Waals surface area (Å²) in [5.41, 5.74) is 2.56. The molecule has 34 heavy (non-hydrogen) atoms. The smallest absolute Gasteiger partial charge is 0.268 e. The van der Waals surface area contributed by atoms with Crippen LogP contribution in [0.5, 0.6) is 17.2 Å². The van der Waals surface area contributed by atoms with Gasteiger partial charge in [0.2, 0.25) is 5.91 Å². The van der Waals surface area contributed by atoms with Gasteiger partial charge in [-0.25, -0.2) is 8.42 Å². The maximum absolute atomic E-state index is 13.8. The van der Waals surface area contributed by atoms with Gasteiger partial charge in [-0.05, 0) is 55.8 Å². The zero-order valence-electron chi connectivity index (χ0n) is 19.2. The number of nitrogens with zero attached hydrogens (tertiary/aromatic N) is 1. The number of carbonyl (C=O) groups is 1. The number of sulfonamides is 1. The highest BCUT2D eigenvalue weighted by molar-refractivity contribution is 7.93. The molecular formula is C25H26N2O6S. The lowest BCUT2D eigenvalue weighted by atomic mass is 10.2. The molecular weight excluding hydrogens is 456 g/mol. The summed E-state index contributed by atoms with van der Waals surface area (Å²) < 4.78 is 45.0. The highest BCUT2D eigenvalue weighted by Crippen LogP contribution is 2.33. The van der Waals surface area contributed by atoms with Gasteiger partial charge in [-0.3, -0.25) is 9.10 Å². The van der Waals surface area contributed by atoms with Crippen molar-refractivity contribution in [3.63, 3.8) is 0 Å². The number of hydrogen-bond donors (Lipinski definition) is 1. The van der Waals surface area contributed by atoms with Gasteiger partial charge in [-0.15, -0.1) is 0 Å². The first-order valence-electron chi connectivity index (χ1n) is 10.7. The zero-order chi connectivity index (χ0) is 24.3. The maximum atomic E-state index is 13.8. The molecule has 0 spiro atoms. The van der Waals surface area contributed by atoms with Crippen molar-refractivity contribution in [2.45, 2.75) is 18.7 Å². The molecule has 0 saturated carbocycles. The molecule has 1 aliphatic heterocycles. The Hall–Kier alpha value is -3.72. The third-order valence-corrected chi connectivity index (χ3v) is 7.12. The molecule has 0 unspecified atom stereocenters. The normalized spacial score (nSPS) is 12.7. The number of aryl methyl sites for hydroxylation is 2. The van der Waals surface area contributed by atoms with E-state index in [1.54, 1.807) is 61.5 Å². The van der Waals surface area contributed by atoms with Crippen molar-refractivity contribution in [1.29, 1.82) is 0 Å². The van der Waals surface area contributed by atoms with Crippen LogP contribution in [-0.4, -0.2) is 41.2 Å². The molecule has 3 aromatic carbocycles. The maximum Gasteiger partial charge on any atom is 0.268 e. The lowest BCUT2D eigenvalue weighted by Crippen LogP contribution is -2.38. The molecule has 178 valence electrons. The van der Waals surface area contributed by atoms with E-state index in [1.807, 2.05) is 6.92 Å². The number of hydrogen-bond acceptors (Lipinski definition) is 6. The minimum Gasteiger partial charge on any atom is -0.495 e. The second-order valence-electron chi connectivity index (χ2n) is 7.91. The van der Waals surface area contributed by atoms with E-state index in [0.29, 0.717) is 36.1 Å². The van der Waals surface area contributed by atoms with Crippen molar-refractivity contribution in [3.8, 4) is 17.2 Å². The Morgan fingerprint density at radius 1 is 0.941 bits per heavy atom. The molecule has 0 aliphatic carbocycles. The SMILES string of the molecule is COc1ccc(C)cc1S(=O)(=O)N(CC(=O)Nc1ccc2c(c1)OCCO2)c1ccc(C)cc1. The van der Waals surface area contributed by atoms with Crippen molar-refractivity contribution in [3.05, 3.63) is 71.8 Å². The van der Waals surface area contributed by atoms with Crippen LogP contribution in [-0.2, 0) is 14.8 Å². The summed E-state index contributed by atoms with van der Waals surface area (Å²) in [5, 5.41) is 2.76. The summed E-state index contributed by atoms with van der Waals surface area (Å²) >= 11 is 0. The van der Waals surface area contributed by atoms with Gasteiger partial charge in [0.05, 0.1) is 12.8 Å². The van der Waals surface area contributed by atoms with Gasteiger partial charge in [0, 0.05) is 11.8 Å². The molecule has 9 heteroatoms. The van der Waals surface area contributed by atoms with E-state index in [0.717, 1.165) is 15.4 Å². The van der Waals surface area contributed by atoms with Gasteiger partial charge in [0.1, 0.15) is 30.4 Å². The molecule has 3 aromatic rings. The Kier molecular flexibility index (Phi) is 6.65. The van der Waals surface area contributed by atoms with E-state index >= 15 is 0 Å². The standard InChI is InChI=1S/C25H26N2O6S/c1-17-4-8-20(9-5-17)27(34(29,30)24-14-18(2)6-10-22(24)31-3)16-25(28)26-19-7-11-21-23(15-19)33-13-12-32-21/h4-11,14-15H,12-13,16H2,1-3H3,(H,26,28). The predicted octanol–water partition coefficient (Wildman–Crippen LogP) is 3.92. The van der Waals surface area contributed by atoms with E-state index in [4.69, 9.17) is 14.2 Å². The van der Waals surface area contributed by atoms with Crippen LogP contribution in [0.2, 0.25) is 0 Å². The molecule has 0 atom stereocenters. The monoisotopic (exact) mass is 482 g/mol. The van der Waals surface area contributed by atoms with Crippen molar-refractivity contribution < 1.29 is 27.4 Å². The number of methoxy groups -OCH3 is 1. The van der Waals surface area contributed by atoms with Gasteiger partial charge >= 0.3 is 0 Å². The molecule has 0 aromatic heterocycles. The van der Waals surface area contributed by atoms with Crippen LogP contribution in [0, 0.1) is 13.8 Å². The predicted molar refractivity (Wildman–Crippen MR) is 130 cm³/mol. The Morgan fingerprint density at radius 2 is 1.62 bits per heavy atom. The van der Waals surface area contributed by atoms with E-state index in [1.165, 1.54) is 13.2 Å². The Morgan fingerprint density at radius 3 is 2.32 bits per heavy atom. The van der Waals surface area contributed by atoms with E-state index in [9.17, 15) is 13.2 Å². The van der Waals surface area contributed by atoms with Crippen LogP contribution >= 0.6 is 0 Å². The number of ether oxygens (including phenoxy) is 3. The molecule has 0 saturated heterocycles. The number of benzene rings is 3. The zero-order valence-corrected chi connectivity index (χ0v) is 20.0. The first kappa shape index (κ1) is 23.4. The minimum absolute atomic E-state index is 0.0114. The molecule has 1 aliphatic rings. The van der Waals surface area contributed by atoms with Crippen LogP contribution in [0.1, 0.15) is 11.1 Å². The van der Waals surface area contributed by atoms with Crippen LogP contribution in [0.25, 0.3) is 0 Å². The molecule has 0 bridgehead atoms. The molecule has 0 radical (unpaired) electrons. The number of fused-ring (bicyclic) bond motifs is 1. The third kappa shape index (κ3) is 4.94. The van der Waals surface area contributed by atoms with Crippen LogP contribution in [0.3, 0.4) is 0 Å². The van der Waals surface area contributed by atoms with Gasteiger partial charge in [0.25, 0.3) is 10.0 Å². The van der Waals surface area contributed by atoms with E-state index in [-0.39, 0.29) is 10.6 Å². The quantitative estimate of drug-likeness (QED) is 0.549. The van der Waals surface area contributed by atoms with E-state index < -0.39 is 22.5 Å². The van der Waals surface area contributed by atoms with Crippen molar-refractivity contribution in [2.24, 2.45) is 0 Å². The van der Waals surface area contributed by atoms with Crippen molar-refractivity contribution >= 4 is 27.3 Å². The highest BCUT2D eigenvalue weighted by Gasteiger charge is 2.30. The van der Waals surface area contributed by atoms with Gasteiger partial charge in [-0.2, -0.15) is 0 Å². The summed E-state index contributed by atoms with van der Waals surface area (Å²) in [6.07, 6.45) is 0. The van der Waals surface area contributed by atoms with Gasteiger partial charge < -0.3 is 19.5 Å². The van der Waals surface area contributed by atoms with Crippen LogP contribution < -0.4 is 23.8 Å². The molecule has 1 N–H and O–H groups in total. The Labute approximate surface area is 199 Å². The molecule has 0 fully saturated rings. The van der Waals surface area contributed by atoms with E-state index in [2.05, 4.69) is 5.32 Å². The average molecular weight is 483 g/mol. The first-order valence-corrected chi connectivity index (χ1v) is 12.2. The first-order chi connectivity index (χ1) is 16.3. The summed E-state index contributed by atoms with van der Waals surface area (Å²) in [7, 11) is -2.72.